The minimum absolute atomic E-state index is 0. The molecule has 0 bridgehead atoms. The Bertz CT molecular complexity index is 615. The zero-order valence-electron chi connectivity index (χ0n) is 11.3. The van der Waals surface area contributed by atoms with Gasteiger partial charge in [0.1, 0.15) is 0 Å². The summed E-state index contributed by atoms with van der Waals surface area (Å²) < 4.78 is 6.35. The van der Waals surface area contributed by atoms with Gasteiger partial charge in [-0.25, -0.2) is 8.50 Å². The normalized spacial score (nSPS) is 12.0. The highest BCUT2D eigenvalue weighted by molar-refractivity contribution is 9.08. The van der Waals surface area contributed by atoms with Crippen molar-refractivity contribution in [2.45, 2.75) is 25.8 Å². The highest BCUT2D eigenvalue weighted by atomic mass is 79.9. The van der Waals surface area contributed by atoms with Crippen molar-refractivity contribution in [3.63, 3.8) is 0 Å². The number of hydrogen-bond acceptors (Lipinski definition) is 4. The molecule has 7 heteroatoms. The van der Waals surface area contributed by atoms with Crippen molar-refractivity contribution in [2.75, 3.05) is 7.11 Å². The summed E-state index contributed by atoms with van der Waals surface area (Å²) in [6, 6.07) is 5.44. The molecule has 0 fully saturated rings. The number of hydrogen-bond donors (Lipinski definition) is 1. The van der Waals surface area contributed by atoms with E-state index in [0.29, 0.717) is 5.56 Å². The second-order valence-electron chi connectivity index (χ2n) is 4.40. The van der Waals surface area contributed by atoms with Crippen LogP contribution in [-0.2, 0) is 11.2 Å². The molecule has 5 nitrogen and oxygen atoms in total. The largest absolute Gasteiger partial charge is 0.465 e. The lowest BCUT2D eigenvalue weighted by atomic mass is 10.1. The first kappa shape index (κ1) is 16.9. The van der Waals surface area contributed by atoms with Crippen LogP contribution in [0.1, 0.15) is 29.4 Å². The van der Waals surface area contributed by atoms with Gasteiger partial charge in [-0.1, -0.05) is 13.0 Å². The number of fused-ring (bicyclic) bond motifs is 1. The van der Waals surface area contributed by atoms with E-state index in [2.05, 4.69) is 28.2 Å². The molecule has 0 spiro atoms. The Morgan fingerprint density at radius 1 is 1.55 bits per heavy atom. The molecular weight excluding hydrogens is 346 g/mol. The SMILES string of the molecule is CCC(N)Cc1c2ccc(C(=O)OC)cc2nn1Br.Cl. The Labute approximate surface area is 132 Å². The molecule has 0 radical (unpaired) electrons. The number of carbonyl (C=O) groups is 1. The zero-order chi connectivity index (χ0) is 14.0. The van der Waals surface area contributed by atoms with Crippen LogP contribution in [0.25, 0.3) is 10.9 Å². The summed E-state index contributed by atoms with van der Waals surface area (Å²) >= 11 is 3.38. The van der Waals surface area contributed by atoms with Crippen LogP contribution < -0.4 is 5.73 Å². The van der Waals surface area contributed by atoms with Gasteiger partial charge >= 0.3 is 5.97 Å². The van der Waals surface area contributed by atoms with Crippen LogP contribution in [0.2, 0.25) is 0 Å². The predicted molar refractivity (Wildman–Crippen MR) is 84.6 cm³/mol. The second-order valence-corrected chi connectivity index (χ2v) is 5.07. The number of esters is 1. The third kappa shape index (κ3) is 3.31. The number of ether oxygens (including phenoxy) is 1. The summed E-state index contributed by atoms with van der Waals surface area (Å²) in [5, 5.41) is 5.34. The Morgan fingerprint density at radius 3 is 2.85 bits per heavy atom. The lowest BCUT2D eigenvalue weighted by Crippen LogP contribution is -2.22. The number of carbonyl (C=O) groups excluding carboxylic acids is 1. The predicted octanol–water partition coefficient (Wildman–Crippen LogP) is 2.68. The lowest BCUT2D eigenvalue weighted by molar-refractivity contribution is 0.0601. The smallest absolute Gasteiger partial charge is 0.337 e. The van der Waals surface area contributed by atoms with E-state index in [-0.39, 0.29) is 24.4 Å². The molecule has 1 atom stereocenters. The Morgan fingerprint density at radius 2 is 2.25 bits per heavy atom. The van der Waals surface area contributed by atoms with E-state index in [1.165, 1.54) is 7.11 Å². The van der Waals surface area contributed by atoms with Crippen LogP contribution in [0.15, 0.2) is 18.2 Å². The zero-order valence-corrected chi connectivity index (χ0v) is 13.7. The molecule has 1 unspecified atom stereocenters. The number of halogens is 2. The average molecular weight is 363 g/mol. The quantitative estimate of drug-likeness (QED) is 0.849. The molecule has 1 heterocycles. The van der Waals surface area contributed by atoms with Crippen molar-refractivity contribution in [2.24, 2.45) is 5.73 Å². The Balaban J connectivity index is 0.00000200. The average Bonchev–Trinajstić information content (AvgIpc) is 2.73. The molecule has 2 aromatic rings. The molecule has 0 saturated heterocycles. The number of methoxy groups -OCH3 is 1. The molecule has 0 saturated carbocycles. The van der Waals surface area contributed by atoms with Gasteiger partial charge in [0, 0.05) is 17.8 Å². The van der Waals surface area contributed by atoms with Crippen molar-refractivity contribution in [1.29, 1.82) is 0 Å². The van der Waals surface area contributed by atoms with Crippen molar-refractivity contribution in [3.05, 3.63) is 29.5 Å². The standard InChI is InChI=1S/C13H16BrN3O2.ClH/c1-3-9(15)7-12-10-5-4-8(13(18)19-2)6-11(10)16-17(12)14;/h4-6,9H,3,7,15H2,1-2H3;1H. The number of rotatable bonds is 4. The van der Waals surface area contributed by atoms with Crippen molar-refractivity contribution in [1.82, 2.24) is 8.81 Å². The van der Waals surface area contributed by atoms with Gasteiger partial charge in [-0.3, -0.25) is 0 Å². The maximum atomic E-state index is 11.5. The fraction of sp³-hybridized carbons (Fsp3) is 0.385. The molecule has 0 aliphatic heterocycles. The van der Waals surface area contributed by atoms with Gasteiger partial charge in [-0.15, -0.1) is 12.4 Å². The first-order chi connectivity index (χ1) is 9.06. The first-order valence-electron chi connectivity index (χ1n) is 6.08. The number of nitrogens with two attached hydrogens (primary N) is 1. The van der Waals surface area contributed by atoms with Gasteiger partial charge in [0.2, 0.25) is 0 Å². The van der Waals surface area contributed by atoms with Gasteiger partial charge in [0.25, 0.3) is 0 Å². The summed E-state index contributed by atoms with van der Waals surface area (Å²) in [5.41, 5.74) is 8.24. The molecule has 110 valence electrons. The molecule has 1 aromatic heterocycles. The minimum atomic E-state index is -0.363. The Hall–Kier alpha value is -1.11. The van der Waals surface area contributed by atoms with Crippen LogP contribution in [0.5, 0.6) is 0 Å². The highest BCUT2D eigenvalue weighted by Gasteiger charge is 2.15. The summed E-state index contributed by atoms with van der Waals surface area (Å²) in [5.74, 6) is -0.363. The Kier molecular flexibility index (Phi) is 5.98. The number of nitrogens with zero attached hydrogens (tertiary/aromatic N) is 2. The van der Waals surface area contributed by atoms with Crippen LogP contribution in [0.4, 0.5) is 0 Å². The fourth-order valence-electron chi connectivity index (χ4n) is 1.94. The maximum absolute atomic E-state index is 11.5. The summed E-state index contributed by atoms with van der Waals surface area (Å²) in [6.07, 6.45) is 1.63. The van der Waals surface area contributed by atoms with Crippen molar-refractivity contribution in [3.8, 4) is 0 Å². The topological polar surface area (TPSA) is 70.1 Å². The molecule has 0 amide bonds. The summed E-state index contributed by atoms with van der Waals surface area (Å²) in [7, 11) is 1.36. The van der Waals surface area contributed by atoms with Gasteiger partial charge in [0.15, 0.2) is 0 Å². The monoisotopic (exact) mass is 361 g/mol. The fourth-order valence-corrected chi connectivity index (χ4v) is 2.44. The molecule has 2 rings (SSSR count). The lowest BCUT2D eigenvalue weighted by Gasteiger charge is -2.08. The van der Waals surface area contributed by atoms with Crippen molar-refractivity contribution < 1.29 is 9.53 Å². The van der Waals surface area contributed by atoms with E-state index in [9.17, 15) is 4.79 Å². The highest BCUT2D eigenvalue weighted by Crippen LogP contribution is 2.23. The van der Waals surface area contributed by atoms with Gasteiger partial charge in [-0.2, -0.15) is 5.10 Å². The summed E-state index contributed by atoms with van der Waals surface area (Å²) in [4.78, 5) is 11.5. The van der Waals surface area contributed by atoms with Crippen LogP contribution in [0, 0.1) is 0 Å². The maximum Gasteiger partial charge on any atom is 0.337 e. The number of benzene rings is 1. The van der Waals surface area contributed by atoms with Gasteiger partial charge < -0.3 is 10.5 Å². The molecule has 0 aliphatic carbocycles. The number of aromatic nitrogens is 2. The van der Waals surface area contributed by atoms with E-state index < -0.39 is 0 Å². The van der Waals surface area contributed by atoms with E-state index >= 15 is 0 Å². The third-order valence-corrected chi connectivity index (χ3v) is 3.71. The minimum Gasteiger partial charge on any atom is -0.465 e. The molecule has 1 aromatic carbocycles. The van der Waals surface area contributed by atoms with Gasteiger partial charge in [-0.05, 0) is 18.6 Å². The summed E-state index contributed by atoms with van der Waals surface area (Å²) in [6.45, 7) is 2.05. The third-order valence-electron chi connectivity index (χ3n) is 3.13. The molecule has 2 N–H and O–H groups in total. The van der Waals surface area contributed by atoms with Crippen LogP contribution in [-0.4, -0.2) is 27.9 Å². The van der Waals surface area contributed by atoms with E-state index in [1.807, 2.05) is 6.07 Å². The molecule has 0 aliphatic rings. The van der Waals surface area contributed by atoms with Crippen molar-refractivity contribution >= 4 is 45.4 Å². The molecular formula is C13H17BrClN3O2. The van der Waals surface area contributed by atoms with Crippen LogP contribution in [0.3, 0.4) is 0 Å². The van der Waals surface area contributed by atoms with Crippen LogP contribution >= 0.6 is 28.6 Å². The molecule has 20 heavy (non-hydrogen) atoms. The van der Waals surface area contributed by atoms with E-state index in [1.54, 1.807) is 15.8 Å². The van der Waals surface area contributed by atoms with E-state index in [0.717, 1.165) is 29.4 Å². The second kappa shape index (κ2) is 7.06. The van der Waals surface area contributed by atoms with Gasteiger partial charge in [0.05, 0.1) is 40.0 Å². The van der Waals surface area contributed by atoms with E-state index in [4.69, 9.17) is 10.5 Å². The first-order valence-corrected chi connectivity index (χ1v) is 6.79.